The van der Waals surface area contributed by atoms with Gasteiger partial charge in [0.2, 0.25) is 0 Å². The van der Waals surface area contributed by atoms with E-state index in [1.807, 2.05) is 0 Å². The van der Waals surface area contributed by atoms with Crippen LogP contribution in [0, 0.1) is 5.82 Å². The zero-order valence-electron chi connectivity index (χ0n) is 14.0. The molecule has 2 rings (SSSR count). The van der Waals surface area contributed by atoms with E-state index < -0.39 is 5.91 Å². The lowest BCUT2D eigenvalue weighted by atomic mass is 10.1. The van der Waals surface area contributed by atoms with E-state index in [9.17, 15) is 14.0 Å². The summed E-state index contributed by atoms with van der Waals surface area (Å²) in [5, 5.41) is 9.24. The minimum Gasteiger partial charge on any atom is -0.386 e. The summed E-state index contributed by atoms with van der Waals surface area (Å²) in [4.78, 5) is 28.0. The van der Waals surface area contributed by atoms with Crippen LogP contribution in [0.3, 0.4) is 0 Å². The van der Waals surface area contributed by atoms with Crippen LogP contribution >= 0.6 is 23.2 Å². The molecule has 0 atom stereocenters. The highest BCUT2D eigenvalue weighted by Crippen LogP contribution is 2.24. The highest BCUT2D eigenvalue weighted by molar-refractivity contribution is 6.42. The van der Waals surface area contributed by atoms with Gasteiger partial charge in [-0.1, -0.05) is 40.5 Å². The van der Waals surface area contributed by atoms with Gasteiger partial charge < -0.3 is 15.5 Å². The molecule has 0 spiro atoms. The predicted octanol–water partition coefficient (Wildman–Crippen LogP) is 3.43. The molecule has 9 heteroatoms. The molecule has 0 aliphatic carbocycles. The highest BCUT2D eigenvalue weighted by atomic mass is 35.5. The van der Waals surface area contributed by atoms with E-state index in [4.69, 9.17) is 28.0 Å². The van der Waals surface area contributed by atoms with Crippen LogP contribution < -0.4 is 10.6 Å². The fraction of sp³-hybridized carbons (Fsp3) is 0.167. The van der Waals surface area contributed by atoms with Gasteiger partial charge in [0, 0.05) is 12.2 Å². The van der Waals surface area contributed by atoms with Crippen molar-refractivity contribution in [2.45, 2.75) is 6.42 Å². The van der Waals surface area contributed by atoms with Crippen molar-refractivity contribution < 1.29 is 18.8 Å². The van der Waals surface area contributed by atoms with Crippen molar-refractivity contribution in [1.82, 2.24) is 5.32 Å². The summed E-state index contributed by atoms with van der Waals surface area (Å²) in [6.45, 7) is 0.0370. The number of nitrogens with one attached hydrogen (secondary N) is 2. The number of halogens is 3. The van der Waals surface area contributed by atoms with Crippen LogP contribution in [-0.2, 0) is 20.8 Å². The standard InChI is InChI=1S/C18H16Cl2FN3O3/c19-15-6-5-14(9-16(15)20)24-17(25)10-23-27-11-18(26)22-8-7-12-1-3-13(21)4-2-12/h1-6,9-10H,7-8,11H2,(H,22,26)(H,24,25)/b23-10+. The first-order valence-electron chi connectivity index (χ1n) is 7.86. The number of hydrogen-bond donors (Lipinski definition) is 2. The first-order chi connectivity index (χ1) is 12.9. The first-order valence-corrected chi connectivity index (χ1v) is 8.62. The molecule has 0 fully saturated rings. The van der Waals surface area contributed by atoms with Gasteiger partial charge in [0.25, 0.3) is 11.8 Å². The summed E-state index contributed by atoms with van der Waals surface area (Å²) >= 11 is 11.6. The molecule has 142 valence electrons. The summed E-state index contributed by atoms with van der Waals surface area (Å²) in [5.41, 5.74) is 1.34. The molecule has 0 aromatic heterocycles. The number of amides is 2. The lowest BCUT2D eigenvalue weighted by Crippen LogP contribution is -2.29. The molecule has 2 aromatic rings. The van der Waals surface area contributed by atoms with Gasteiger partial charge in [0.05, 0.1) is 10.0 Å². The van der Waals surface area contributed by atoms with Crippen molar-refractivity contribution in [3.63, 3.8) is 0 Å². The lowest BCUT2D eigenvalue weighted by Gasteiger charge is -2.05. The van der Waals surface area contributed by atoms with E-state index in [0.717, 1.165) is 11.8 Å². The molecular weight excluding hydrogens is 396 g/mol. The number of oxime groups is 1. The number of carbonyl (C=O) groups excluding carboxylic acids is 2. The Morgan fingerprint density at radius 1 is 1.11 bits per heavy atom. The van der Waals surface area contributed by atoms with Gasteiger partial charge in [0.1, 0.15) is 12.0 Å². The maximum absolute atomic E-state index is 12.8. The predicted molar refractivity (Wildman–Crippen MR) is 103 cm³/mol. The number of benzene rings is 2. The third-order valence-electron chi connectivity index (χ3n) is 3.28. The number of hydrogen-bond acceptors (Lipinski definition) is 4. The topological polar surface area (TPSA) is 79.8 Å². The zero-order chi connectivity index (χ0) is 19.6. The summed E-state index contributed by atoms with van der Waals surface area (Å²) in [6, 6.07) is 10.6. The highest BCUT2D eigenvalue weighted by Gasteiger charge is 2.04. The van der Waals surface area contributed by atoms with Crippen molar-refractivity contribution in [1.29, 1.82) is 0 Å². The molecule has 0 aliphatic rings. The van der Waals surface area contributed by atoms with Crippen LogP contribution in [0.5, 0.6) is 0 Å². The third kappa shape index (κ3) is 7.64. The average molecular weight is 412 g/mol. The van der Waals surface area contributed by atoms with Gasteiger partial charge in [-0.25, -0.2) is 4.39 Å². The van der Waals surface area contributed by atoms with Gasteiger partial charge in [-0.2, -0.15) is 0 Å². The Kier molecular flexibility index (Phi) is 8.03. The van der Waals surface area contributed by atoms with Crippen LogP contribution in [0.25, 0.3) is 0 Å². The van der Waals surface area contributed by atoms with Crippen molar-refractivity contribution in [2.24, 2.45) is 5.16 Å². The van der Waals surface area contributed by atoms with E-state index in [1.165, 1.54) is 18.2 Å². The molecule has 2 aromatic carbocycles. The fourth-order valence-corrected chi connectivity index (χ4v) is 2.28. The first kappa shape index (κ1) is 20.7. The van der Waals surface area contributed by atoms with Crippen LogP contribution in [0.4, 0.5) is 10.1 Å². The molecule has 0 saturated carbocycles. The number of nitrogens with zero attached hydrogens (tertiary/aromatic N) is 1. The monoisotopic (exact) mass is 411 g/mol. The van der Waals surface area contributed by atoms with Crippen LogP contribution in [0.1, 0.15) is 5.56 Å². The Labute approximate surface area is 165 Å². The van der Waals surface area contributed by atoms with Crippen molar-refractivity contribution in [3.05, 3.63) is 63.9 Å². The smallest absolute Gasteiger partial charge is 0.270 e. The Morgan fingerprint density at radius 2 is 1.85 bits per heavy atom. The SMILES string of the molecule is O=C(/C=N/OCC(=O)NCCc1ccc(F)cc1)Nc1ccc(Cl)c(Cl)c1. The van der Waals surface area contributed by atoms with Crippen LogP contribution in [0.15, 0.2) is 47.6 Å². The van der Waals surface area contributed by atoms with Crippen molar-refractivity contribution >= 4 is 46.9 Å². The van der Waals surface area contributed by atoms with Gasteiger partial charge in [0.15, 0.2) is 6.61 Å². The Morgan fingerprint density at radius 3 is 2.56 bits per heavy atom. The third-order valence-corrected chi connectivity index (χ3v) is 4.02. The maximum Gasteiger partial charge on any atom is 0.270 e. The molecule has 6 nitrogen and oxygen atoms in total. The lowest BCUT2D eigenvalue weighted by molar-refractivity contribution is -0.125. The van der Waals surface area contributed by atoms with E-state index in [-0.39, 0.29) is 18.3 Å². The molecule has 0 bridgehead atoms. The zero-order valence-corrected chi connectivity index (χ0v) is 15.6. The summed E-state index contributed by atoms with van der Waals surface area (Å²) in [5.74, 6) is -1.25. The number of carbonyl (C=O) groups is 2. The minimum atomic E-state index is -0.551. The van der Waals surface area contributed by atoms with Gasteiger partial charge in [-0.05, 0) is 42.3 Å². The average Bonchev–Trinajstić information content (AvgIpc) is 2.63. The van der Waals surface area contributed by atoms with Crippen LogP contribution in [-0.4, -0.2) is 31.2 Å². The molecular formula is C18H16Cl2FN3O3. The maximum atomic E-state index is 12.8. The minimum absolute atomic E-state index is 0.306. The van der Waals surface area contributed by atoms with E-state index in [0.29, 0.717) is 28.7 Å². The van der Waals surface area contributed by atoms with Crippen molar-refractivity contribution in [2.75, 3.05) is 18.5 Å². The number of anilines is 1. The van der Waals surface area contributed by atoms with Gasteiger partial charge in [-0.15, -0.1) is 0 Å². The molecule has 0 unspecified atom stereocenters. The van der Waals surface area contributed by atoms with Crippen molar-refractivity contribution in [3.8, 4) is 0 Å². The second-order valence-electron chi connectivity index (χ2n) is 5.35. The fourth-order valence-electron chi connectivity index (χ4n) is 1.98. The summed E-state index contributed by atoms with van der Waals surface area (Å²) in [6.07, 6.45) is 1.45. The Bertz CT molecular complexity index is 829. The number of rotatable bonds is 8. The Hall–Kier alpha value is -2.64. The molecule has 2 N–H and O–H groups in total. The van der Waals surface area contributed by atoms with E-state index in [2.05, 4.69) is 15.8 Å². The van der Waals surface area contributed by atoms with Crippen LogP contribution in [0.2, 0.25) is 10.0 Å². The molecule has 2 amide bonds. The second kappa shape index (κ2) is 10.5. The quantitative estimate of drug-likeness (QED) is 0.515. The van der Waals surface area contributed by atoms with E-state index in [1.54, 1.807) is 24.3 Å². The van der Waals surface area contributed by atoms with Gasteiger partial charge in [-0.3, -0.25) is 9.59 Å². The molecule has 0 radical (unpaired) electrons. The van der Waals surface area contributed by atoms with E-state index >= 15 is 0 Å². The summed E-state index contributed by atoms with van der Waals surface area (Å²) < 4.78 is 12.8. The summed E-state index contributed by atoms with van der Waals surface area (Å²) in [7, 11) is 0. The molecule has 0 saturated heterocycles. The molecule has 27 heavy (non-hydrogen) atoms. The largest absolute Gasteiger partial charge is 0.386 e. The van der Waals surface area contributed by atoms with Gasteiger partial charge >= 0.3 is 0 Å². The molecule has 0 heterocycles. The molecule has 0 aliphatic heterocycles. The normalized spacial score (nSPS) is 10.6. The Balaban J connectivity index is 1.64. The second-order valence-corrected chi connectivity index (χ2v) is 6.17.